The van der Waals surface area contributed by atoms with Crippen molar-refractivity contribution in [3.05, 3.63) is 52.0 Å². The largest absolute Gasteiger partial charge is 0.319 e. The fraction of sp³-hybridized carbons (Fsp3) is 0.308. The number of halogens is 2. The lowest BCUT2D eigenvalue weighted by molar-refractivity contribution is 0.558. The van der Waals surface area contributed by atoms with E-state index in [9.17, 15) is 4.39 Å². The molecule has 0 aliphatic rings. The number of aromatic nitrogens is 2. The minimum absolute atomic E-state index is 0.278. The van der Waals surface area contributed by atoms with Crippen LogP contribution >= 0.6 is 15.9 Å². The lowest BCUT2D eigenvalue weighted by atomic mass is 10.0. The average Bonchev–Trinajstić information content (AvgIpc) is 2.77. The van der Waals surface area contributed by atoms with Gasteiger partial charge in [0.2, 0.25) is 0 Å². The molecule has 1 aromatic carbocycles. The monoisotopic (exact) mass is 311 g/mol. The zero-order valence-corrected chi connectivity index (χ0v) is 11.7. The Morgan fingerprint density at radius 2 is 2.22 bits per heavy atom. The molecular weight excluding hydrogens is 297 g/mol. The maximum Gasteiger partial charge on any atom is 0.124 e. The molecule has 0 saturated heterocycles. The number of nitrogens with two attached hydrogens (primary N) is 1. The summed E-state index contributed by atoms with van der Waals surface area (Å²) in [4.78, 5) is 0. The second kappa shape index (κ2) is 5.63. The second-order valence-corrected chi connectivity index (χ2v) is 4.98. The van der Waals surface area contributed by atoms with E-state index in [2.05, 4.69) is 28.0 Å². The van der Waals surface area contributed by atoms with Gasteiger partial charge in [0.1, 0.15) is 5.82 Å². The van der Waals surface area contributed by atoms with E-state index in [-0.39, 0.29) is 11.9 Å². The van der Waals surface area contributed by atoms with Crippen LogP contribution in [0.25, 0.3) is 0 Å². The summed E-state index contributed by atoms with van der Waals surface area (Å²) in [7, 11) is 0. The molecule has 0 saturated carbocycles. The summed E-state index contributed by atoms with van der Waals surface area (Å²) < 4.78 is 15.6. The van der Waals surface area contributed by atoms with Crippen LogP contribution in [-0.2, 0) is 6.54 Å². The van der Waals surface area contributed by atoms with E-state index in [1.54, 1.807) is 12.3 Å². The second-order valence-electron chi connectivity index (χ2n) is 4.12. The zero-order chi connectivity index (χ0) is 13.1. The van der Waals surface area contributed by atoms with Crippen LogP contribution in [0.1, 0.15) is 30.6 Å². The third-order valence-corrected chi connectivity index (χ3v) is 3.49. The van der Waals surface area contributed by atoms with Gasteiger partial charge in [0.15, 0.2) is 0 Å². The zero-order valence-electron chi connectivity index (χ0n) is 10.1. The molecule has 0 aliphatic carbocycles. The standard InChI is InChI=1S/C13H15BrFN3/c1-2-7-18-12(5-6-17-18)13(16)10-4-3-9(15)8-11(10)14/h3-6,8,13H,2,7,16H2,1H3. The molecule has 2 rings (SSSR count). The Balaban J connectivity index is 2.35. The maximum absolute atomic E-state index is 13.1. The Kier molecular flexibility index (Phi) is 4.14. The number of rotatable bonds is 4. The Hall–Kier alpha value is -1.20. The van der Waals surface area contributed by atoms with Gasteiger partial charge in [-0.2, -0.15) is 5.10 Å². The van der Waals surface area contributed by atoms with E-state index >= 15 is 0 Å². The van der Waals surface area contributed by atoms with Gasteiger partial charge in [-0.05, 0) is 30.2 Å². The topological polar surface area (TPSA) is 43.8 Å². The van der Waals surface area contributed by atoms with Crippen LogP contribution in [0.3, 0.4) is 0 Å². The molecule has 0 aliphatic heterocycles. The van der Waals surface area contributed by atoms with Crippen molar-refractivity contribution in [3.63, 3.8) is 0 Å². The van der Waals surface area contributed by atoms with Crippen molar-refractivity contribution in [2.45, 2.75) is 25.9 Å². The molecule has 3 nitrogen and oxygen atoms in total. The Morgan fingerprint density at radius 3 is 2.89 bits per heavy atom. The molecule has 0 radical (unpaired) electrons. The predicted octanol–water partition coefficient (Wildman–Crippen LogP) is 3.24. The minimum Gasteiger partial charge on any atom is -0.319 e. The van der Waals surface area contributed by atoms with Gasteiger partial charge in [0.25, 0.3) is 0 Å². The molecule has 2 aromatic rings. The van der Waals surface area contributed by atoms with Crippen LogP contribution in [0.5, 0.6) is 0 Å². The Labute approximate surface area is 114 Å². The van der Waals surface area contributed by atoms with E-state index in [1.165, 1.54) is 12.1 Å². The fourth-order valence-electron chi connectivity index (χ4n) is 1.92. The fourth-order valence-corrected chi connectivity index (χ4v) is 2.52. The lowest BCUT2D eigenvalue weighted by Crippen LogP contribution is -2.18. The maximum atomic E-state index is 13.1. The van der Waals surface area contributed by atoms with Gasteiger partial charge >= 0.3 is 0 Å². The molecule has 2 N–H and O–H groups in total. The number of aryl methyl sites for hydroxylation is 1. The number of hydrogen-bond donors (Lipinski definition) is 1. The summed E-state index contributed by atoms with van der Waals surface area (Å²) in [5.41, 5.74) is 8.02. The smallest absolute Gasteiger partial charge is 0.124 e. The van der Waals surface area contributed by atoms with Crippen molar-refractivity contribution >= 4 is 15.9 Å². The molecule has 0 bridgehead atoms. The van der Waals surface area contributed by atoms with Gasteiger partial charge in [-0.25, -0.2) is 4.39 Å². The van der Waals surface area contributed by atoms with Crippen LogP contribution in [-0.4, -0.2) is 9.78 Å². The first-order valence-corrected chi connectivity index (χ1v) is 6.65. The molecule has 0 amide bonds. The Morgan fingerprint density at radius 1 is 1.44 bits per heavy atom. The highest BCUT2D eigenvalue weighted by molar-refractivity contribution is 9.10. The molecule has 1 unspecified atom stereocenters. The van der Waals surface area contributed by atoms with Gasteiger partial charge in [0, 0.05) is 17.2 Å². The first-order valence-electron chi connectivity index (χ1n) is 5.85. The van der Waals surface area contributed by atoms with Crippen molar-refractivity contribution in [1.29, 1.82) is 0 Å². The van der Waals surface area contributed by atoms with Crippen LogP contribution in [0, 0.1) is 5.82 Å². The van der Waals surface area contributed by atoms with E-state index in [0.717, 1.165) is 24.2 Å². The van der Waals surface area contributed by atoms with Crippen molar-refractivity contribution in [3.8, 4) is 0 Å². The van der Waals surface area contributed by atoms with E-state index in [4.69, 9.17) is 5.73 Å². The third kappa shape index (κ3) is 2.62. The van der Waals surface area contributed by atoms with E-state index < -0.39 is 0 Å². The summed E-state index contributed by atoms with van der Waals surface area (Å²) in [6.45, 7) is 2.92. The summed E-state index contributed by atoms with van der Waals surface area (Å²) >= 11 is 3.35. The van der Waals surface area contributed by atoms with Crippen LogP contribution in [0.4, 0.5) is 4.39 Å². The van der Waals surface area contributed by atoms with Crippen molar-refractivity contribution in [1.82, 2.24) is 9.78 Å². The molecule has 0 fully saturated rings. The molecule has 0 spiro atoms. The number of benzene rings is 1. The van der Waals surface area contributed by atoms with Gasteiger partial charge in [-0.15, -0.1) is 0 Å². The quantitative estimate of drug-likeness (QED) is 0.942. The highest BCUT2D eigenvalue weighted by atomic mass is 79.9. The highest BCUT2D eigenvalue weighted by Crippen LogP contribution is 2.27. The molecule has 1 atom stereocenters. The van der Waals surface area contributed by atoms with Crippen molar-refractivity contribution in [2.24, 2.45) is 5.73 Å². The Bertz CT molecular complexity index is 539. The molecule has 1 heterocycles. The van der Waals surface area contributed by atoms with Crippen molar-refractivity contribution in [2.75, 3.05) is 0 Å². The summed E-state index contributed by atoms with van der Waals surface area (Å²) in [6, 6.07) is 6.13. The summed E-state index contributed by atoms with van der Waals surface area (Å²) in [5, 5.41) is 4.25. The van der Waals surface area contributed by atoms with Gasteiger partial charge < -0.3 is 5.73 Å². The van der Waals surface area contributed by atoms with Crippen LogP contribution in [0.2, 0.25) is 0 Å². The SMILES string of the molecule is CCCn1nccc1C(N)c1ccc(F)cc1Br. The van der Waals surface area contributed by atoms with E-state index in [1.807, 2.05) is 10.7 Å². The number of nitrogens with zero attached hydrogens (tertiary/aromatic N) is 2. The predicted molar refractivity (Wildman–Crippen MR) is 72.6 cm³/mol. The third-order valence-electron chi connectivity index (χ3n) is 2.80. The molecule has 1 aromatic heterocycles. The highest BCUT2D eigenvalue weighted by Gasteiger charge is 2.16. The lowest BCUT2D eigenvalue weighted by Gasteiger charge is -2.15. The molecular formula is C13H15BrFN3. The summed E-state index contributed by atoms with van der Waals surface area (Å²) in [5.74, 6) is -0.278. The average molecular weight is 312 g/mol. The summed E-state index contributed by atoms with van der Waals surface area (Å²) in [6.07, 6.45) is 2.73. The van der Waals surface area contributed by atoms with E-state index in [0.29, 0.717) is 4.47 Å². The molecule has 18 heavy (non-hydrogen) atoms. The molecule has 96 valence electrons. The minimum atomic E-state index is -0.311. The van der Waals surface area contributed by atoms with Crippen LogP contribution in [0.15, 0.2) is 34.9 Å². The first kappa shape index (κ1) is 13.2. The van der Waals surface area contributed by atoms with Gasteiger partial charge in [-0.3, -0.25) is 4.68 Å². The van der Waals surface area contributed by atoms with Crippen molar-refractivity contribution < 1.29 is 4.39 Å². The number of hydrogen-bond acceptors (Lipinski definition) is 2. The normalized spacial score (nSPS) is 12.7. The van der Waals surface area contributed by atoms with Gasteiger partial charge in [-0.1, -0.05) is 28.9 Å². The first-order chi connectivity index (χ1) is 8.63. The van der Waals surface area contributed by atoms with Crippen LogP contribution < -0.4 is 5.73 Å². The van der Waals surface area contributed by atoms with Gasteiger partial charge in [0.05, 0.1) is 11.7 Å². The molecule has 5 heteroatoms.